The van der Waals surface area contributed by atoms with Gasteiger partial charge in [0.05, 0.1) is 26.2 Å². The monoisotopic (exact) mass is 505 g/mol. The Kier molecular flexibility index (Phi) is 9.94. The molecule has 2 aromatic carbocycles. The Hall–Kier alpha value is -3.27. The summed E-state index contributed by atoms with van der Waals surface area (Å²) in [5.41, 5.74) is 1.11. The molecule has 2 aromatic rings. The Labute approximate surface area is 208 Å². The normalized spacial score (nSPS) is 12.1. The van der Waals surface area contributed by atoms with Gasteiger partial charge in [0, 0.05) is 12.6 Å². The van der Waals surface area contributed by atoms with E-state index in [0.29, 0.717) is 23.6 Å². The van der Waals surface area contributed by atoms with E-state index in [1.165, 1.54) is 12.0 Å². The van der Waals surface area contributed by atoms with E-state index in [1.807, 2.05) is 32.9 Å². The molecule has 1 unspecified atom stereocenters. The van der Waals surface area contributed by atoms with Crippen molar-refractivity contribution in [3.8, 4) is 11.5 Å². The van der Waals surface area contributed by atoms with Gasteiger partial charge in [0.1, 0.15) is 24.1 Å². The lowest BCUT2D eigenvalue weighted by Crippen LogP contribution is -2.53. The second-order valence-electron chi connectivity index (χ2n) is 8.42. The second-order valence-corrected chi connectivity index (χ2v) is 10.3. The molecule has 35 heavy (non-hydrogen) atoms. The number of amides is 2. The average Bonchev–Trinajstić information content (AvgIpc) is 2.81. The highest BCUT2D eigenvalue weighted by Gasteiger charge is 2.32. The number of ether oxygens (including phenoxy) is 2. The number of hydrogen-bond donors (Lipinski definition) is 1. The van der Waals surface area contributed by atoms with Crippen LogP contribution >= 0.6 is 0 Å². The minimum absolute atomic E-state index is 0.110. The van der Waals surface area contributed by atoms with E-state index in [0.717, 1.165) is 16.1 Å². The summed E-state index contributed by atoms with van der Waals surface area (Å²) in [5.74, 6) is 0.442. The van der Waals surface area contributed by atoms with Crippen LogP contribution in [0.5, 0.6) is 11.5 Å². The highest BCUT2D eigenvalue weighted by atomic mass is 32.2. The molecule has 0 bridgehead atoms. The molecule has 0 aromatic heterocycles. The number of benzene rings is 2. The minimum Gasteiger partial charge on any atom is -0.497 e. The van der Waals surface area contributed by atoms with E-state index in [2.05, 4.69) is 5.32 Å². The Morgan fingerprint density at radius 1 is 0.943 bits per heavy atom. The van der Waals surface area contributed by atoms with Gasteiger partial charge >= 0.3 is 0 Å². The van der Waals surface area contributed by atoms with Crippen LogP contribution < -0.4 is 19.1 Å². The van der Waals surface area contributed by atoms with Gasteiger partial charge in [0.15, 0.2) is 0 Å². The maximum absolute atomic E-state index is 13.6. The first kappa shape index (κ1) is 28.0. The SMILES string of the molecule is CCC(C(=O)NC(C)C)N(Cc1ccc(OC)cc1)C(=O)CN(c1ccc(OC)cc1)S(C)(=O)=O. The van der Waals surface area contributed by atoms with Crippen LogP contribution in [0, 0.1) is 0 Å². The lowest BCUT2D eigenvalue weighted by molar-refractivity contribution is -0.140. The fourth-order valence-electron chi connectivity index (χ4n) is 3.59. The maximum atomic E-state index is 13.6. The Bertz CT molecular complexity index is 1090. The van der Waals surface area contributed by atoms with Crippen LogP contribution in [-0.2, 0) is 26.2 Å². The van der Waals surface area contributed by atoms with E-state index in [1.54, 1.807) is 43.5 Å². The minimum atomic E-state index is -3.79. The Balaban J connectivity index is 2.42. The second kappa shape index (κ2) is 12.4. The molecule has 9 nitrogen and oxygen atoms in total. The Morgan fingerprint density at radius 2 is 1.46 bits per heavy atom. The van der Waals surface area contributed by atoms with Crippen LogP contribution in [0.25, 0.3) is 0 Å². The number of nitrogens with zero attached hydrogens (tertiary/aromatic N) is 2. The molecule has 0 saturated heterocycles. The summed E-state index contributed by atoms with van der Waals surface area (Å²) in [7, 11) is -0.718. The predicted molar refractivity (Wildman–Crippen MR) is 136 cm³/mol. The molecule has 192 valence electrons. The van der Waals surface area contributed by atoms with Gasteiger partial charge in [0.2, 0.25) is 21.8 Å². The van der Waals surface area contributed by atoms with E-state index in [4.69, 9.17) is 9.47 Å². The first-order chi connectivity index (χ1) is 16.5. The summed E-state index contributed by atoms with van der Waals surface area (Å²) in [5, 5.41) is 2.86. The van der Waals surface area contributed by atoms with Crippen molar-refractivity contribution in [2.45, 2.75) is 45.8 Å². The quantitative estimate of drug-likeness (QED) is 0.476. The molecule has 0 fully saturated rings. The third kappa shape index (κ3) is 7.88. The number of carbonyl (C=O) groups excluding carboxylic acids is 2. The molecular weight excluding hydrogens is 470 g/mol. The highest BCUT2D eigenvalue weighted by molar-refractivity contribution is 7.92. The summed E-state index contributed by atoms with van der Waals surface area (Å²) in [6.45, 7) is 5.18. The number of rotatable bonds is 12. The lowest BCUT2D eigenvalue weighted by atomic mass is 10.1. The molecule has 0 heterocycles. The summed E-state index contributed by atoms with van der Waals surface area (Å²) >= 11 is 0. The zero-order valence-corrected chi connectivity index (χ0v) is 22.0. The molecule has 0 radical (unpaired) electrons. The lowest BCUT2D eigenvalue weighted by Gasteiger charge is -2.33. The van der Waals surface area contributed by atoms with Crippen molar-refractivity contribution >= 4 is 27.5 Å². The van der Waals surface area contributed by atoms with Crippen molar-refractivity contribution < 1.29 is 27.5 Å². The molecule has 1 N–H and O–H groups in total. The largest absolute Gasteiger partial charge is 0.497 e. The molecule has 10 heteroatoms. The summed E-state index contributed by atoms with van der Waals surface area (Å²) in [4.78, 5) is 28.0. The van der Waals surface area contributed by atoms with Crippen molar-refractivity contribution in [3.63, 3.8) is 0 Å². The van der Waals surface area contributed by atoms with E-state index in [-0.39, 0.29) is 18.5 Å². The van der Waals surface area contributed by atoms with Gasteiger partial charge in [-0.3, -0.25) is 13.9 Å². The van der Waals surface area contributed by atoms with Crippen LogP contribution in [0.1, 0.15) is 32.8 Å². The van der Waals surface area contributed by atoms with Gasteiger partial charge in [0.25, 0.3) is 0 Å². The standard InChI is InChI=1S/C25H35N3O6S/c1-7-23(25(30)26-18(2)3)27(16-19-8-12-21(33-4)13-9-19)24(29)17-28(35(6,31)32)20-10-14-22(34-5)15-11-20/h8-15,18,23H,7,16-17H2,1-6H3,(H,26,30). The molecule has 2 amide bonds. The van der Waals surface area contributed by atoms with E-state index < -0.39 is 28.5 Å². The zero-order chi connectivity index (χ0) is 26.2. The van der Waals surface area contributed by atoms with Crippen molar-refractivity contribution in [2.24, 2.45) is 0 Å². The molecule has 0 aliphatic carbocycles. The molecule has 0 aliphatic heterocycles. The molecule has 1 atom stereocenters. The zero-order valence-electron chi connectivity index (χ0n) is 21.1. The van der Waals surface area contributed by atoms with Gasteiger partial charge in [-0.15, -0.1) is 0 Å². The van der Waals surface area contributed by atoms with Crippen molar-refractivity contribution in [2.75, 3.05) is 31.3 Å². The predicted octanol–water partition coefficient (Wildman–Crippen LogP) is 2.80. The average molecular weight is 506 g/mol. The third-order valence-corrected chi connectivity index (χ3v) is 6.51. The number of methoxy groups -OCH3 is 2. The first-order valence-corrected chi connectivity index (χ1v) is 13.2. The number of carbonyl (C=O) groups is 2. The van der Waals surface area contributed by atoms with Crippen LogP contribution in [-0.4, -0.2) is 64.2 Å². The van der Waals surface area contributed by atoms with Crippen LogP contribution in [0.15, 0.2) is 48.5 Å². The van der Waals surface area contributed by atoms with Crippen LogP contribution in [0.4, 0.5) is 5.69 Å². The molecular formula is C25H35N3O6S. The van der Waals surface area contributed by atoms with Gasteiger partial charge in [-0.05, 0) is 62.2 Å². The molecule has 0 spiro atoms. The smallest absolute Gasteiger partial charge is 0.244 e. The van der Waals surface area contributed by atoms with E-state index >= 15 is 0 Å². The van der Waals surface area contributed by atoms with Gasteiger partial charge in [-0.2, -0.15) is 0 Å². The molecule has 2 rings (SSSR count). The third-order valence-electron chi connectivity index (χ3n) is 5.37. The molecule has 0 aliphatic rings. The molecule has 0 saturated carbocycles. The van der Waals surface area contributed by atoms with Crippen LogP contribution in [0.2, 0.25) is 0 Å². The number of hydrogen-bond acceptors (Lipinski definition) is 6. The summed E-state index contributed by atoms with van der Waals surface area (Å²) < 4.78 is 36.6. The fourth-order valence-corrected chi connectivity index (χ4v) is 4.44. The maximum Gasteiger partial charge on any atom is 0.244 e. The first-order valence-electron chi connectivity index (χ1n) is 11.3. The van der Waals surface area contributed by atoms with Gasteiger partial charge in [-0.25, -0.2) is 8.42 Å². The van der Waals surface area contributed by atoms with Crippen molar-refractivity contribution in [1.82, 2.24) is 10.2 Å². The number of nitrogens with one attached hydrogen (secondary N) is 1. The number of anilines is 1. The highest BCUT2D eigenvalue weighted by Crippen LogP contribution is 2.23. The fraction of sp³-hybridized carbons (Fsp3) is 0.440. The van der Waals surface area contributed by atoms with Crippen LogP contribution in [0.3, 0.4) is 0 Å². The van der Waals surface area contributed by atoms with Gasteiger partial charge < -0.3 is 19.7 Å². The summed E-state index contributed by atoms with van der Waals surface area (Å²) in [6.07, 6.45) is 1.41. The number of sulfonamides is 1. The van der Waals surface area contributed by atoms with Gasteiger partial charge in [-0.1, -0.05) is 19.1 Å². The topological polar surface area (TPSA) is 105 Å². The van der Waals surface area contributed by atoms with E-state index in [9.17, 15) is 18.0 Å². The van der Waals surface area contributed by atoms with Crippen molar-refractivity contribution in [1.29, 1.82) is 0 Å². The Morgan fingerprint density at radius 3 is 1.89 bits per heavy atom. The summed E-state index contributed by atoms with van der Waals surface area (Å²) in [6, 6.07) is 12.7. The van der Waals surface area contributed by atoms with Crippen molar-refractivity contribution in [3.05, 3.63) is 54.1 Å².